The Morgan fingerprint density at radius 2 is 2.00 bits per heavy atom. The van der Waals surface area contributed by atoms with Crippen LogP contribution in [0.15, 0.2) is 24.3 Å². The van der Waals surface area contributed by atoms with Crippen molar-refractivity contribution in [2.24, 2.45) is 0 Å². The molecule has 1 aromatic rings. The van der Waals surface area contributed by atoms with Crippen LogP contribution in [0.3, 0.4) is 0 Å². The van der Waals surface area contributed by atoms with Crippen LogP contribution < -0.4 is 4.52 Å². The van der Waals surface area contributed by atoms with Crippen LogP contribution in [0.5, 0.6) is 5.75 Å². The van der Waals surface area contributed by atoms with E-state index in [4.69, 9.17) is 20.6 Å². The van der Waals surface area contributed by atoms with E-state index >= 15 is 0 Å². The van der Waals surface area contributed by atoms with Crippen molar-refractivity contribution in [3.8, 4) is 5.75 Å². The summed E-state index contributed by atoms with van der Waals surface area (Å²) in [4.78, 5) is 9.95. The van der Waals surface area contributed by atoms with Crippen molar-refractivity contribution in [2.45, 2.75) is 6.92 Å². The predicted molar refractivity (Wildman–Crippen MR) is 68.5 cm³/mol. The van der Waals surface area contributed by atoms with Gasteiger partial charge in [0.05, 0.1) is 17.7 Å². The van der Waals surface area contributed by atoms with Gasteiger partial charge in [-0.2, -0.15) is 0 Å². The van der Waals surface area contributed by atoms with Gasteiger partial charge >= 0.3 is 7.60 Å². The molecule has 0 amide bonds. The summed E-state index contributed by atoms with van der Waals surface area (Å²) in [6, 6.07) is 5.29. The van der Waals surface area contributed by atoms with Crippen LogP contribution >= 0.6 is 19.2 Å². The van der Waals surface area contributed by atoms with Gasteiger partial charge in [-0.15, -0.1) is 11.6 Å². The topological polar surface area (TPSA) is 78.7 Å². The number of alkyl halides is 1. The molecule has 1 aromatic carbocycles. The second kappa shape index (κ2) is 6.73. The lowest BCUT2D eigenvalue weighted by Crippen LogP contribution is -2.03. The summed E-state index contributed by atoms with van der Waals surface area (Å²) >= 11 is 5.53. The highest BCUT2D eigenvalue weighted by Gasteiger charge is 2.25. The summed E-state index contributed by atoms with van der Waals surface area (Å²) in [6.07, 6.45) is 0.0827. The zero-order valence-electron chi connectivity index (χ0n) is 9.74. The Bertz CT molecular complexity index is 440. The number of hydrogen-bond donors (Lipinski definition) is 0. The highest BCUT2D eigenvalue weighted by Crippen LogP contribution is 2.48. The van der Waals surface area contributed by atoms with E-state index in [1.165, 1.54) is 24.3 Å². The number of nitro benzene ring substituents is 1. The maximum atomic E-state index is 12.1. The molecule has 0 N–H and O–H groups in total. The molecule has 0 aliphatic heterocycles. The van der Waals surface area contributed by atoms with E-state index in [1.54, 1.807) is 6.92 Å². The molecule has 0 spiro atoms. The number of nitrogens with zero attached hydrogens (tertiary/aromatic N) is 1. The maximum Gasteiger partial charge on any atom is 0.380 e. The van der Waals surface area contributed by atoms with Gasteiger partial charge in [-0.1, -0.05) is 0 Å². The van der Waals surface area contributed by atoms with Gasteiger partial charge in [0.1, 0.15) is 5.75 Å². The molecule has 0 fully saturated rings. The van der Waals surface area contributed by atoms with Gasteiger partial charge in [0, 0.05) is 18.0 Å². The molecule has 0 aliphatic carbocycles. The lowest BCUT2D eigenvalue weighted by atomic mass is 10.3. The third kappa shape index (κ3) is 4.29. The Hall–Kier alpha value is -1.10. The molecule has 0 saturated heterocycles. The number of nitro groups is 1. The maximum absolute atomic E-state index is 12.1. The van der Waals surface area contributed by atoms with Gasteiger partial charge in [0.15, 0.2) is 0 Å². The largest absolute Gasteiger partial charge is 0.424 e. The van der Waals surface area contributed by atoms with Gasteiger partial charge in [-0.3, -0.25) is 10.1 Å². The molecule has 1 atom stereocenters. The fourth-order valence-electron chi connectivity index (χ4n) is 1.23. The van der Waals surface area contributed by atoms with Crippen molar-refractivity contribution < 1.29 is 18.5 Å². The first-order valence-electron chi connectivity index (χ1n) is 5.24. The summed E-state index contributed by atoms with van der Waals surface area (Å²) in [6.45, 7) is 1.93. The van der Waals surface area contributed by atoms with E-state index in [0.717, 1.165) is 0 Å². The third-order valence-corrected chi connectivity index (χ3v) is 4.34. The molecule has 8 heteroatoms. The Morgan fingerprint density at radius 1 is 1.39 bits per heavy atom. The SMILES string of the molecule is CCOP(=O)(CCCl)Oc1ccc([N+](=O)[O-])cc1. The second-order valence-corrected chi connectivity index (χ2v) is 5.77. The number of halogens is 1. The van der Waals surface area contributed by atoms with Crippen molar-refractivity contribution in [3.05, 3.63) is 34.4 Å². The van der Waals surface area contributed by atoms with Crippen LogP contribution in [0.25, 0.3) is 0 Å². The highest BCUT2D eigenvalue weighted by atomic mass is 35.5. The van der Waals surface area contributed by atoms with Gasteiger partial charge in [0.2, 0.25) is 0 Å². The summed E-state index contributed by atoms with van der Waals surface area (Å²) < 4.78 is 22.4. The predicted octanol–water partition coefficient (Wildman–Crippen LogP) is 3.44. The van der Waals surface area contributed by atoms with Crippen LogP contribution in [0, 0.1) is 10.1 Å². The van der Waals surface area contributed by atoms with Crippen molar-refractivity contribution in [1.29, 1.82) is 0 Å². The van der Waals surface area contributed by atoms with Gasteiger partial charge in [0.25, 0.3) is 5.69 Å². The fraction of sp³-hybridized carbons (Fsp3) is 0.400. The lowest BCUT2D eigenvalue weighted by Gasteiger charge is -2.17. The van der Waals surface area contributed by atoms with Gasteiger partial charge < -0.3 is 9.05 Å². The molecule has 100 valence electrons. The average Bonchev–Trinajstić information content (AvgIpc) is 2.30. The van der Waals surface area contributed by atoms with Gasteiger partial charge in [-0.25, -0.2) is 4.57 Å². The second-order valence-electron chi connectivity index (χ2n) is 3.28. The van der Waals surface area contributed by atoms with E-state index in [-0.39, 0.29) is 30.1 Å². The summed E-state index contributed by atoms with van der Waals surface area (Å²) in [5.41, 5.74) is -0.0639. The first-order valence-corrected chi connectivity index (χ1v) is 7.50. The van der Waals surface area contributed by atoms with E-state index in [2.05, 4.69) is 0 Å². The smallest absolute Gasteiger partial charge is 0.380 e. The first kappa shape index (κ1) is 15.0. The van der Waals surface area contributed by atoms with Crippen LogP contribution in [0.4, 0.5) is 5.69 Å². The minimum absolute atomic E-state index is 0.0639. The van der Waals surface area contributed by atoms with Crippen LogP contribution in [0.1, 0.15) is 6.92 Å². The normalized spacial score (nSPS) is 13.9. The molecule has 0 radical (unpaired) electrons. The Balaban J connectivity index is 2.81. The molecule has 0 bridgehead atoms. The monoisotopic (exact) mass is 293 g/mol. The Kier molecular flexibility index (Phi) is 5.59. The van der Waals surface area contributed by atoms with Gasteiger partial charge in [-0.05, 0) is 19.1 Å². The average molecular weight is 294 g/mol. The van der Waals surface area contributed by atoms with Crippen LogP contribution in [0.2, 0.25) is 0 Å². The lowest BCUT2D eigenvalue weighted by molar-refractivity contribution is -0.384. The first-order chi connectivity index (χ1) is 8.50. The summed E-state index contributed by atoms with van der Waals surface area (Å²) in [5.74, 6) is 0.395. The number of hydrogen-bond acceptors (Lipinski definition) is 5. The number of rotatable bonds is 7. The molecule has 0 saturated carbocycles. The van der Waals surface area contributed by atoms with Crippen LogP contribution in [-0.2, 0) is 9.09 Å². The molecule has 0 aliphatic rings. The quantitative estimate of drug-likeness (QED) is 0.333. The fourth-order valence-corrected chi connectivity index (χ4v) is 3.16. The minimum Gasteiger partial charge on any atom is -0.424 e. The van der Waals surface area contributed by atoms with E-state index in [9.17, 15) is 14.7 Å². The Morgan fingerprint density at radius 3 is 2.44 bits per heavy atom. The van der Waals surface area contributed by atoms with E-state index in [1.807, 2.05) is 0 Å². The molecule has 1 unspecified atom stereocenters. The van der Waals surface area contributed by atoms with Crippen LogP contribution in [-0.4, -0.2) is 23.6 Å². The molecule has 0 heterocycles. The summed E-state index contributed by atoms with van der Waals surface area (Å²) in [5, 5.41) is 10.5. The Labute approximate surface area is 110 Å². The standard InChI is InChI=1S/C10H13ClNO5P/c1-2-16-18(15,8-7-11)17-10-5-3-9(4-6-10)12(13)14/h3-6H,2,7-8H2,1H3. The zero-order chi connectivity index (χ0) is 13.6. The van der Waals surface area contributed by atoms with Crippen molar-refractivity contribution in [2.75, 3.05) is 18.6 Å². The zero-order valence-corrected chi connectivity index (χ0v) is 11.4. The molecular formula is C10H13ClNO5P. The van der Waals surface area contributed by atoms with Crippen molar-refractivity contribution in [3.63, 3.8) is 0 Å². The highest BCUT2D eigenvalue weighted by molar-refractivity contribution is 7.54. The molecular weight excluding hydrogens is 281 g/mol. The third-order valence-electron chi connectivity index (χ3n) is 1.98. The summed E-state index contributed by atoms with van der Waals surface area (Å²) in [7, 11) is -3.28. The van der Waals surface area contributed by atoms with Crippen molar-refractivity contribution >= 4 is 24.9 Å². The minimum atomic E-state index is -3.28. The molecule has 18 heavy (non-hydrogen) atoms. The number of benzene rings is 1. The number of non-ortho nitro benzene ring substituents is 1. The van der Waals surface area contributed by atoms with Crippen molar-refractivity contribution in [1.82, 2.24) is 0 Å². The van der Waals surface area contributed by atoms with E-state index in [0.29, 0.717) is 0 Å². The van der Waals surface area contributed by atoms with E-state index < -0.39 is 12.5 Å². The molecule has 6 nitrogen and oxygen atoms in total. The molecule has 0 aromatic heterocycles. The molecule has 1 rings (SSSR count).